The number of quaternary nitrogens is 1. The van der Waals surface area contributed by atoms with E-state index in [9.17, 15) is 19.4 Å². The van der Waals surface area contributed by atoms with Crippen molar-refractivity contribution in [3.8, 4) is 0 Å². The van der Waals surface area contributed by atoms with E-state index in [1.54, 1.807) is 0 Å². The molecule has 0 aromatic carbocycles. The maximum absolute atomic E-state index is 12.9. The number of phosphoric acid groups is 1. The molecule has 61 heavy (non-hydrogen) atoms. The van der Waals surface area contributed by atoms with Crippen LogP contribution in [0.15, 0.2) is 0 Å². The highest BCUT2D eigenvalue weighted by atomic mass is 31.2. The molecule has 0 saturated heterocycles. The minimum atomic E-state index is -4.56. The molecule has 8 nitrogen and oxygen atoms in total. The van der Waals surface area contributed by atoms with Crippen molar-refractivity contribution >= 4 is 13.7 Å². The van der Waals surface area contributed by atoms with Crippen molar-refractivity contribution in [3.63, 3.8) is 0 Å². The van der Waals surface area contributed by atoms with E-state index in [4.69, 9.17) is 9.05 Å². The van der Waals surface area contributed by atoms with Crippen LogP contribution in [-0.4, -0.2) is 68.5 Å². The number of rotatable bonds is 50. The van der Waals surface area contributed by atoms with Crippen molar-refractivity contribution in [3.05, 3.63) is 0 Å². The lowest BCUT2D eigenvalue weighted by atomic mass is 10.0. The Balaban J connectivity index is 4.19. The number of nitrogens with zero attached hydrogens (tertiary/aromatic N) is 1. The Kier molecular flexibility index (Phi) is 44.3. The first-order valence-corrected chi connectivity index (χ1v) is 28.3. The van der Waals surface area contributed by atoms with Gasteiger partial charge in [-0.25, -0.2) is 0 Å². The highest BCUT2D eigenvalue weighted by Gasteiger charge is 2.24. The number of amides is 1. The molecule has 2 N–H and O–H groups in total. The summed E-state index contributed by atoms with van der Waals surface area (Å²) in [6.07, 6.45) is 51.1. The van der Waals surface area contributed by atoms with Crippen LogP contribution >= 0.6 is 7.82 Å². The van der Waals surface area contributed by atoms with Gasteiger partial charge in [-0.3, -0.25) is 9.36 Å². The van der Waals surface area contributed by atoms with Crippen molar-refractivity contribution in [2.24, 2.45) is 0 Å². The van der Waals surface area contributed by atoms with Crippen LogP contribution in [0.2, 0.25) is 0 Å². The molecule has 0 bridgehead atoms. The lowest BCUT2D eigenvalue weighted by Gasteiger charge is -2.30. The third-order valence-corrected chi connectivity index (χ3v) is 13.6. The monoisotopic (exact) mass is 887 g/mol. The molecule has 0 spiro atoms. The predicted octanol–water partition coefficient (Wildman–Crippen LogP) is 15.1. The van der Waals surface area contributed by atoms with Crippen LogP contribution in [0.25, 0.3) is 0 Å². The summed E-state index contributed by atoms with van der Waals surface area (Å²) in [7, 11) is 1.32. The van der Waals surface area contributed by atoms with Gasteiger partial charge in [0.15, 0.2) is 0 Å². The molecule has 0 aliphatic carbocycles. The van der Waals surface area contributed by atoms with Crippen molar-refractivity contribution in [1.82, 2.24) is 5.32 Å². The summed E-state index contributed by atoms with van der Waals surface area (Å²) in [5, 5.41) is 14.0. The first-order chi connectivity index (χ1) is 29.5. The van der Waals surface area contributed by atoms with E-state index in [0.717, 1.165) is 38.5 Å². The van der Waals surface area contributed by atoms with E-state index in [1.165, 1.54) is 212 Å². The maximum atomic E-state index is 12.9. The molecule has 366 valence electrons. The van der Waals surface area contributed by atoms with Crippen molar-refractivity contribution in [1.29, 1.82) is 0 Å². The van der Waals surface area contributed by atoms with Gasteiger partial charge in [-0.15, -0.1) is 0 Å². The van der Waals surface area contributed by atoms with Crippen LogP contribution in [0.4, 0.5) is 0 Å². The highest BCUT2D eigenvalue weighted by molar-refractivity contribution is 7.45. The topological polar surface area (TPSA) is 108 Å². The summed E-state index contributed by atoms with van der Waals surface area (Å²) in [4.78, 5) is 25.5. The summed E-state index contributed by atoms with van der Waals surface area (Å²) in [5.74, 6) is -0.158. The highest BCUT2D eigenvalue weighted by Crippen LogP contribution is 2.38. The van der Waals surface area contributed by atoms with Gasteiger partial charge in [0.05, 0.1) is 39.9 Å². The molecular weight excluding hydrogens is 780 g/mol. The number of aliphatic hydroxyl groups excluding tert-OH is 1. The van der Waals surface area contributed by atoms with Crippen LogP contribution < -0.4 is 10.2 Å². The molecule has 0 aromatic heterocycles. The lowest BCUT2D eigenvalue weighted by molar-refractivity contribution is -0.870. The number of aliphatic hydroxyl groups is 1. The third-order valence-electron chi connectivity index (χ3n) is 12.6. The normalized spacial score (nSPS) is 14.0. The quantitative estimate of drug-likeness (QED) is 0.0358. The summed E-state index contributed by atoms with van der Waals surface area (Å²) in [5.41, 5.74) is 0. The average molecular weight is 887 g/mol. The first-order valence-electron chi connectivity index (χ1n) is 26.9. The maximum Gasteiger partial charge on any atom is 0.268 e. The van der Waals surface area contributed by atoms with Gasteiger partial charge in [0, 0.05) is 6.42 Å². The molecule has 1 amide bonds. The molecule has 3 unspecified atom stereocenters. The molecule has 0 radical (unpaired) electrons. The Morgan fingerprint density at radius 3 is 1.11 bits per heavy atom. The molecule has 0 aliphatic heterocycles. The molecule has 0 saturated carbocycles. The Morgan fingerprint density at radius 1 is 0.508 bits per heavy atom. The van der Waals surface area contributed by atoms with E-state index in [2.05, 4.69) is 19.2 Å². The minimum absolute atomic E-state index is 0.0165. The van der Waals surface area contributed by atoms with E-state index in [-0.39, 0.29) is 19.1 Å². The van der Waals surface area contributed by atoms with Crippen LogP contribution in [0, 0.1) is 0 Å². The molecule has 3 atom stereocenters. The summed E-state index contributed by atoms with van der Waals surface area (Å²) >= 11 is 0. The van der Waals surface area contributed by atoms with Gasteiger partial charge >= 0.3 is 0 Å². The third kappa shape index (κ3) is 47.3. The molecule has 0 aliphatic rings. The van der Waals surface area contributed by atoms with Gasteiger partial charge in [-0.2, -0.15) is 0 Å². The van der Waals surface area contributed by atoms with Crippen molar-refractivity contribution < 1.29 is 32.9 Å². The van der Waals surface area contributed by atoms with Crippen LogP contribution in [0.3, 0.4) is 0 Å². The second-order valence-corrected chi connectivity index (χ2v) is 21.4. The second-order valence-electron chi connectivity index (χ2n) is 20.0. The SMILES string of the molecule is CCCCCCCCCCCCCCCCCCCCCCC(O)C(COP(=O)([O-])OCC[N+](C)(C)C)NC(=O)CCCCCCCCCCCCCCCCCCCCC. The Hall–Kier alpha value is -0.500. The van der Waals surface area contributed by atoms with E-state index in [1.807, 2.05) is 21.1 Å². The zero-order valence-corrected chi connectivity index (χ0v) is 42.5. The molecule has 9 heteroatoms. The number of phosphoric ester groups is 1. The van der Waals surface area contributed by atoms with Gasteiger partial charge in [0.1, 0.15) is 13.2 Å². The average Bonchev–Trinajstić information content (AvgIpc) is 3.21. The molecule has 0 aromatic rings. The fourth-order valence-electron chi connectivity index (χ4n) is 8.34. The fourth-order valence-corrected chi connectivity index (χ4v) is 9.06. The standard InChI is InChI=1S/C52H107N2O6P/c1-6-8-10-12-14-16-18-20-22-24-26-28-29-31-33-35-37-39-41-43-45-51(55)50(49-60-61(57,58)59-48-47-54(3,4)5)53-52(56)46-44-42-40-38-36-34-32-30-27-25-23-21-19-17-15-13-11-9-7-2/h50-51,55H,6-49H2,1-5H3,(H-,53,56,57,58). The Morgan fingerprint density at radius 2 is 0.803 bits per heavy atom. The predicted molar refractivity (Wildman–Crippen MR) is 261 cm³/mol. The number of carbonyl (C=O) groups is 1. The van der Waals surface area contributed by atoms with Gasteiger partial charge < -0.3 is 28.8 Å². The fraction of sp³-hybridized carbons (Fsp3) is 0.981. The summed E-state index contributed by atoms with van der Waals surface area (Å²) < 4.78 is 23.4. The molecule has 0 fully saturated rings. The van der Waals surface area contributed by atoms with Gasteiger partial charge in [0.2, 0.25) is 5.91 Å². The number of unbranched alkanes of at least 4 members (excludes halogenated alkanes) is 37. The first kappa shape index (κ1) is 60.5. The number of nitrogens with one attached hydrogen (secondary N) is 1. The Bertz CT molecular complexity index is 963. The zero-order chi connectivity index (χ0) is 45.0. The zero-order valence-electron chi connectivity index (χ0n) is 41.7. The second kappa shape index (κ2) is 44.7. The van der Waals surface area contributed by atoms with Gasteiger partial charge in [-0.05, 0) is 12.8 Å². The van der Waals surface area contributed by atoms with Crippen LogP contribution in [-0.2, 0) is 18.4 Å². The molecule has 0 heterocycles. The number of hydrogen-bond acceptors (Lipinski definition) is 6. The minimum Gasteiger partial charge on any atom is -0.756 e. The largest absolute Gasteiger partial charge is 0.756 e. The number of hydrogen-bond donors (Lipinski definition) is 2. The van der Waals surface area contributed by atoms with Crippen LogP contribution in [0.1, 0.15) is 277 Å². The van der Waals surface area contributed by atoms with Gasteiger partial charge in [-0.1, -0.05) is 258 Å². The molecular formula is C52H107N2O6P. The smallest absolute Gasteiger partial charge is 0.268 e. The summed E-state index contributed by atoms with van der Waals surface area (Å²) in [6, 6.07) is -0.794. The Labute approximate surface area is 380 Å². The van der Waals surface area contributed by atoms with E-state index >= 15 is 0 Å². The van der Waals surface area contributed by atoms with E-state index < -0.39 is 20.0 Å². The van der Waals surface area contributed by atoms with E-state index in [0.29, 0.717) is 23.9 Å². The summed E-state index contributed by atoms with van der Waals surface area (Å²) in [6.45, 7) is 4.77. The van der Waals surface area contributed by atoms with Gasteiger partial charge in [0.25, 0.3) is 7.82 Å². The number of likely N-dealkylation sites (N-methyl/N-ethyl adjacent to an activating group) is 1. The molecule has 0 rings (SSSR count). The number of carbonyl (C=O) groups excluding carboxylic acids is 1. The van der Waals surface area contributed by atoms with Crippen molar-refractivity contribution in [2.75, 3.05) is 40.9 Å². The van der Waals surface area contributed by atoms with Crippen molar-refractivity contribution in [2.45, 2.75) is 289 Å². The lowest BCUT2D eigenvalue weighted by Crippen LogP contribution is -2.46. The van der Waals surface area contributed by atoms with Crippen LogP contribution in [0.5, 0.6) is 0 Å².